The van der Waals surface area contributed by atoms with Crippen molar-refractivity contribution in [2.24, 2.45) is 10.4 Å². The van der Waals surface area contributed by atoms with E-state index in [0.29, 0.717) is 23.7 Å². The molecule has 1 aromatic carbocycles. The number of nitrogens with one attached hydrogen (secondary N) is 1. The number of aliphatic imine (C=N–C) groups is 1. The summed E-state index contributed by atoms with van der Waals surface area (Å²) in [6.07, 6.45) is 1.17. The van der Waals surface area contributed by atoms with Crippen LogP contribution in [0, 0.1) is 25.1 Å². The molecular formula is C17H25FN2S. The third-order valence-electron chi connectivity index (χ3n) is 3.89. The van der Waals surface area contributed by atoms with Crippen LogP contribution in [-0.2, 0) is 6.54 Å². The average Bonchev–Trinajstić information content (AvgIpc) is 2.42. The molecule has 1 aromatic rings. The molecule has 0 radical (unpaired) electrons. The molecule has 4 heteroatoms. The molecule has 0 saturated carbocycles. The molecule has 0 aromatic heterocycles. The summed E-state index contributed by atoms with van der Waals surface area (Å²) < 4.78 is 13.6. The smallest absolute Gasteiger partial charge is 0.157 e. The molecule has 1 unspecified atom stereocenters. The third-order valence-corrected chi connectivity index (χ3v) is 4.85. The average molecular weight is 308 g/mol. The van der Waals surface area contributed by atoms with E-state index in [4.69, 9.17) is 0 Å². The second kappa shape index (κ2) is 6.39. The van der Waals surface area contributed by atoms with E-state index in [0.717, 1.165) is 16.5 Å². The molecule has 1 N–H and O–H groups in total. The van der Waals surface area contributed by atoms with Gasteiger partial charge in [0, 0.05) is 11.8 Å². The Bertz CT molecular complexity index is 523. The van der Waals surface area contributed by atoms with E-state index in [1.807, 2.05) is 26.0 Å². The first-order chi connectivity index (χ1) is 9.77. The highest BCUT2D eigenvalue weighted by atomic mass is 32.2. The van der Waals surface area contributed by atoms with Gasteiger partial charge in [0.1, 0.15) is 5.82 Å². The second-order valence-corrected chi connectivity index (χ2v) is 7.95. The van der Waals surface area contributed by atoms with E-state index < -0.39 is 0 Å². The van der Waals surface area contributed by atoms with Crippen molar-refractivity contribution < 1.29 is 4.39 Å². The van der Waals surface area contributed by atoms with E-state index >= 15 is 0 Å². The molecule has 0 spiro atoms. The number of rotatable bonds is 2. The molecule has 2 nitrogen and oxygen atoms in total. The SMILES string of the molecule is Cc1cc(CN=C2NC(C(C)(C)C)CCS2)cc(C)c1F. The van der Waals surface area contributed by atoms with Crippen LogP contribution in [0.25, 0.3) is 0 Å². The van der Waals surface area contributed by atoms with Gasteiger partial charge in [-0.3, -0.25) is 4.99 Å². The molecule has 1 atom stereocenters. The van der Waals surface area contributed by atoms with Gasteiger partial charge in [-0.25, -0.2) is 4.39 Å². The summed E-state index contributed by atoms with van der Waals surface area (Å²) in [6.45, 7) is 11.0. The van der Waals surface area contributed by atoms with Crippen LogP contribution in [0.3, 0.4) is 0 Å². The minimum atomic E-state index is -0.107. The zero-order chi connectivity index (χ0) is 15.6. The van der Waals surface area contributed by atoms with E-state index in [1.54, 1.807) is 11.8 Å². The number of benzene rings is 1. The Balaban J connectivity index is 2.07. The van der Waals surface area contributed by atoms with Crippen molar-refractivity contribution in [3.05, 3.63) is 34.6 Å². The van der Waals surface area contributed by atoms with E-state index in [2.05, 4.69) is 31.1 Å². The normalized spacial score (nSPS) is 21.4. The minimum absolute atomic E-state index is 0.107. The van der Waals surface area contributed by atoms with Crippen LogP contribution in [0.5, 0.6) is 0 Å². The summed E-state index contributed by atoms with van der Waals surface area (Å²) in [4.78, 5) is 4.68. The molecule has 1 fully saturated rings. The lowest BCUT2D eigenvalue weighted by Crippen LogP contribution is -2.46. The number of aryl methyl sites for hydroxylation is 2. The molecule has 1 saturated heterocycles. The van der Waals surface area contributed by atoms with Gasteiger partial charge < -0.3 is 5.32 Å². The van der Waals surface area contributed by atoms with Gasteiger partial charge >= 0.3 is 0 Å². The number of amidine groups is 1. The van der Waals surface area contributed by atoms with Gasteiger partial charge in [-0.05, 0) is 42.4 Å². The Hall–Kier alpha value is -1.03. The fourth-order valence-corrected chi connectivity index (χ4v) is 3.50. The Morgan fingerprint density at radius 1 is 1.29 bits per heavy atom. The Morgan fingerprint density at radius 3 is 2.48 bits per heavy atom. The van der Waals surface area contributed by atoms with Gasteiger partial charge in [0.15, 0.2) is 5.17 Å². The largest absolute Gasteiger partial charge is 0.362 e. The van der Waals surface area contributed by atoms with Crippen LogP contribution in [0.1, 0.15) is 43.9 Å². The summed E-state index contributed by atoms with van der Waals surface area (Å²) in [7, 11) is 0. The first-order valence-corrected chi connectivity index (χ1v) is 8.45. The summed E-state index contributed by atoms with van der Waals surface area (Å²) in [5, 5.41) is 4.56. The number of thioether (sulfide) groups is 1. The Kier molecular flexibility index (Phi) is 4.97. The molecular weight excluding hydrogens is 283 g/mol. The van der Waals surface area contributed by atoms with Gasteiger partial charge in [0.2, 0.25) is 0 Å². The van der Waals surface area contributed by atoms with Crippen LogP contribution in [0.4, 0.5) is 4.39 Å². The highest BCUT2D eigenvalue weighted by molar-refractivity contribution is 8.13. The van der Waals surface area contributed by atoms with Crippen LogP contribution in [0.2, 0.25) is 0 Å². The van der Waals surface area contributed by atoms with Crippen LogP contribution < -0.4 is 5.32 Å². The fourth-order valence-electron chi connectivity index (χ4n) is 2.57. The first-order valence-electron chi connectivity index (χ1n) is 7.47. The van der Waals surface area contributed by atoms with E-state index in [9.17, 15) is 4.39 Å². The van der Waals surface area contributed by atoms with Gasteiger partial charge in [-0.2, -0.15) is 0 Å². The topological polar surface area (TPSA) is 24.4 Å². The summed E-state index contributed by atoms with van der Waals surface area (Å²) in [5.41, 5.74) is 2.70. The van der Waals surface area contributed by atoms with Crippen molar-refractivity contribution in [2.45, 2.75) is 53.6 Å². The molecule has 21 heavy (non-hydrogen) atoms. The first kappa shape index (κ1) is 16.3. The number of nitrogens with zero attached hydrogens (tertiary/aromatic N) is 1. The quantitative estimate of drug-likeness (QED) is 0.873. The van der Waals surface area contributed by atoms with Crippen LogP contribution in [-0.4, -0.2) is 17.0 Å². The van der Waals surface area contributed by atoms with Crippen molar-refractivity contribution in [1.29, 1.82) is 0 Å². The highest BCUT2D eigenvalue weighted by Gasteiger charge is 2.28. The van der Waals surface area contributed by atoms with Crippen molar-refractivity contribution >= 4 is 16.9 Å². The Labute approximate surface area is 131 Å². The highest BCUT2D eigenvalue weighted by Crippen LogP contribution is 2.27. The molecule has 1 aliphatic heterocycles. The van der Waals surface area contributed by atoms with Crippen LogP contribution in [0.15, 0.2) is 17.1 Å². The summed E-state index contributed by atoms with van der Waals surface area (Å²) in [6, 6.07) is 4.25. The van der Waals surface area contributed by atoms with Gasteiger partial charge in [0.25, 0.3) is 0 Å². The molecule has 0 amide bonds. The maximum atomic E-state index is 13.6. The minimum Gasteiger partial charge on any atom is -0.362 e. The standard InChI is InChI=1S/C17H25FN2S/c1-11-8-13(9-12(2)15(11)18)10-19-16-20-14(6-7-21-16)17(3,4)5/h8-9,14H,6-7,10H2,1-5H3,(H,19,20). The van der Waals surface area contributed by atoms with Gasteiger partial charge in [-0.1, -0.05) is 44.7 Å². The van der Waals surface area contributed by atoms with Crippen molar-refractivity contribution in [3.8, 4) is 0 Å². The summed E-state index contributed by atoms with van der Waals surface area (Å²) >= 11 is 1.78. The lowest BCUT2D eigenvalue weighted by Gasteiger charge is -2.35. The molecule has 1 heterocycles. The lowest BCUT2D eigenvalue weighted by atomic mass is 9.85. The lowest BCUT2D eigenvalue weighted by molar-refractivity contribution is 0.290. The summed E-state index contributed by atoms with van der Waals surface area (Å²) in [5.74, 6) is 0.999. The third kappa shape index (κ3) is 4.22. The van der Waals surface area contributed by atoms with Crippen molar-refractivity contribution in [2.75, 3.05) is 5.75 Å². The molecule has 0 bridgehead atoms. The van der Waals surface area contributed by atoms with E-state index in [-0.39, 0.29) is 11.2 Å². The predicted molar refractivity (Wildman–Crippen MR) is 90.5 cm³/mol. The zero-order valence-corrected chi connectivity index (χ0v) is 14.4. The maximum absolute atomic E-state index is 13.6. The van der Waals surface area contributed by atoms with Gasteiger partial charge in [-0.15, -0.1) is 0 Å². The molecule has 116 valence electrons. The molecule has 0 aliphatic carbocycles. The molecule has 2 rings (SSSR count). The fraction of sp³-hybridized carbons (Fsp3) is 0.588. The predicted octanol–water partition coefficient (Wildman–Crippen LogP) is 4.44. The number of hydrogen-bond acceptors (Lipinski definition) is 2. The number of halogens is 1. The van der Waals surface area contributed by atoms with Gasteiger partial charge in [0.05, 0.1) is 6.54 Å². The maximum Gasteiger partial charge on any atom is 0.157 e. The second-order valence-electron chi connectivity index (χ2n) is 6.87. The Morgan fingerprint density at radius 2 is 1.90 bits per heavy atom. The van der Waals surface area contributed by atoms with E-state index in [1.165, 1.54) is 6.42 Å². The van der Waals surface area contributed by atoms with Crippen molar-refractivity contribution in [3.63, 3.8) is 0 Å². The monoisotopic (exact) mass is 308 g/mol. The number of hydrogen-bond donors (Lipinski definition) is 1. The van der Waals surface area contributed by atoms with Crippen LogP contribution >= 0.6 is 11.8 Å². The van der Waals surface area contributed by atoms with Crippen molar-refractivity contribution in [1.82, 2.24) is 5.32 Å². The zero-order valence-electron chi connectivity index (χ0n) is 13.6. The molecule has 1 aliphatic rings.